The van der Waals surface area contributed by atoms with Crippen molar-refractivity contribution in [2.75, 3.05) is 48.5 Å². The Morgan fingerprint density at radius 2 is 1.60 bits per heavy atom. The molecule has 1 saturated heterocycles. The maximum absolute atomic E-state index is 12.8. The quantitative estimate of drug-likeness (QED) is 0.220. The van der Waals surface area contributed by atoms with Gasteiger partial charge in [0, 0.05) is 68.2 Å². The van der Waals surface area contributed by atoms with Gasteiger partial charge < -0.3 is 19.9 Å². The number of hydrogen-bond donors (Lipinski definition) is 1. The SMILES string of the molecule is CCC(=O)c1cc(Nc2nccc(N(C)c3ccc(CC(=O)Cc4ccc(C)cc4)cc3)n2)ccc1N1CCOCC1. The lowest BCUT2D eigenvalue weighted by atomic mass is 10.0. The molecule has 42 heavy (non-hydrogen) atoms. The third kappa shape index (κ3) is 7.19. The van der Waals surface area contributed by atoms with Crippen LogP contribution in [0.3, 0.4) is 0 Å². The molecule has 0 radical (unpaired) electrons. The summed E-state index contributed by atoms with van der Waals surface area (Å²) in [5.41, 5.74) is 6.53. The Morgan fingerprint density at radius 1 is 0.929 bits per heavy atom. The summed E-state index contributed by atoms with van der Waals surface area (Å²) in [5.74, 6) is 1.43. The zero-order valence-corrected chi connectivity index (χ0v) is 24.5. The van der Waals surface area contributed by atoms with Gasteiger partial charge in [0.15, 0.2) is 5.78 Å². The first kappa shape index (κ1) is 29.0. The van der Waals surface area contributed by atoms with Crippen LogP contribution in [0.15, 0.2) is 79.0 Å². The Labute approximate surface area is 247 Å². The first-order valence-electron chi connectivity index (χ1n) is 14.4. The van der Waals surface area contributed by atoms with Gasteiger partial charge >= 0.3 is 0 Å². The minimum absolute atomic E-state index is 0.0924. The molecule has 3 aromatic carbocycles. The van der Waals surface area contributed by atoms with Crippen LogP contribution in [-0.2, 0) is 22.4 Å². The highest BCUT2D eigenvalue weighted by Crippen LogP contribution is 2.29. The van der Waals surface area contributed by atoms with Crippen LogP contribution in [0.2, 0.25) is 0 Å². The lowest BCUT2D eigenvalue weighted by molar-refractivity contribution is -0.117. The number of aryl methyl sites for hydroxylation is 1. The molecule has 8 nitrogen and oxygen atoms in total. The van der Waals surface area contributed by atoms with Crippen molar-refractivity contribution in [3.63, 3.8) is 0 Å². The molecule has 0 saturated carbocycles. The second-order valence-corrected chi connectivity index (χ2v) is 10.6. The van der Waals surface area contributed by atoms with Gasteiger partial charge in [-0.3, -0.25) is 9.59 Å². The first-order chi connectivity index (χ1) is 20.4. The number of morpholine rings is 1. The van der Waals surface area contributed by atoms with E-state index in [4.69, 9.17) is 9.72 Å². The summed E-state index contributed by atoms with van der Waals surface area (Å²) in [5, 5.41) is 3.27. The van der Waals surface area contributed by atoms with Crippen LogP contribution in [0, 0.1) is 6.92 Å². The van der Waals surface area contributed by atoms with Crippen LogP contribution in [-0.4, -0.2) is 54.9 Å². The van der Waals surface area contributed by atoms with E-state index in [1.54, 1.807) is 6.20 Å². The number of ether oxygens (including phenoxy) is 1. The Hall–Kier alpha value is -4.56. The molecule has 4 aromatic rings. The summed E-state index contributed by atoms with van der Waals surface area (Å²) in [7, 11) is 1.94. The molecular formula is C34H37N5O3. The number of nitrogens with zero attached hydrogens (tertiary/aromatic N) is 4. The van der Waals surface area contributed by atoms with Crippen LogP contribution in [0.1, 0.15) is 40.4 Å². The van der Waals surface area contributed by atoms with E-state index in [2.05, 4.69) is 15.2 Å². The van der Waals surface area contributed by atoms with E-state index < -0.39 is 0 Å². The predicted molar refractivity (Wildman–Crippen MR) is 168 cm³/mol. The molecule has 1 aliphatic rings. The van der Waals surface area contributed by atoms with E-state index >= 15 is 0 Å². The third-order valence-electron chi connectivity index (χ3n) is 7.46. The van der Waals surface area contributed by atoms with Gasteiger partial charge in [0.25, 0.3) is 0 Å². The van der Waals surface area contributed by atoms with Gasteiger partial charge in [-0.25, -0.2) is 4.98 Å². The average molecular weight is 564 g/mol. The highest BCUT2D eigenvalue weighted by molar-refractivity contribution is 6.02. The predicted octanol–water partition coefficient (Wildman–Crippen LogP) is 6.08. The number of Topliss-reactive ketones (excluding diaryl/α,β-unsaturated/α-hetero) is 2. The van der Waals surface area contributed by atoms with Gasteiger partial charge in [-0.15, -0.1) is 0 Å². The first-order valence-corrected chi connectivity index (χ1v) is 14.4. The standard InChI is InChI=1S/C34H37N5O3/c1-4-32(41)30-23-27(11-14-31(30)39-17-19-42-20-18-39)36-34-35-16-15-33(37-34)38(3)28-12-9-26(10-13-28)22-29(40)21-25-7-5-24(2)6-8-25/h5-16,23H,4,17-22H2,1-3H3,(H,35,36,37). The van der Waals surface area contributed by atoms with E-state index in [-0.39, 0.29) is 11.6 Å². The van der Waals surface area contributed by atoms with E-state index in [9.17, 15) is 9.59 Å². The molecule has 1 N–H and O–H groups in total. The van der Waals surface area contributed by atoms with Crippen molar-refractivity contribution >= 4 is 40.4 Å². The fourth-order valence-corrected chi connectivity index (χ4v) is 5.03. The number of rotatable bonds is 11. The highest BCUT2D eigenvalue weighted by Gasteiger charge is 2.19. The van der Waals surface area contributed by atoms with Crippen molar-refractivity contribution in [3.8, 4) is 0 Å². The van der Waals surface area contributed by atoms with Crippen LogP contribution >= 0.6 is 0 Å². The van der Waals surface area contributed by atoms with Crippen molar-refractivity contribution in [2.24, 2.45) is 0 Å². The second-order valence-electron chi connectivity index (χ2n) is 10.6. The van der Waals surface area contributed by atoms with Crippen LogP contribution in [0.25, 0.3) is 0 Å². The molecular weight excluding hydrogens is 526 g/mol. The number of ketones is 2. The number of aromatic nitrogens is 2. The summed E-state index contributed by atoms with van der Waals surface area (Å²) in [6.07, 6.45) is 2.96. The van der Waals surface area contributed by atoms with Crippen molar-refractivity contribution in [2.45, 2.75) is 33.1 Å². The molecule has 8 heteroatoms. The van der Waals surface area contributed by atoms with Crippen LogP contribution in [0.4, 0.5) is 28.8 Å². The minimum Gasteiger partial charge on any atom is -0.378 e. The van der Waals surface area contributed by atoms with Crippen LogP contribution in [0.5, 0.6) is 0 Å². The van der Waals surface area contributed by atoms with Gasteiger partial charge in [0.05, 0.1) is 13.2 Å². The van der Waals surface area contributed by atoms with Crippen molar-refractivity contribution in [3.05, 3.63) is 101 Å². The Kier molecular flexibility index (Phi) is 9.24. The molecule has 0 atom stereocenters. The summed E-state index contributed by atoms with van der Waals surface area (Å²) in [6.45, 7) is 6.76. The maximum Gasteiger partial charge on any atom is 0.229 e. The van der Waals surface area contributed by atoms with Crippen molar-refractivity contribution in [1.82, 2.24) is 9.97 Å². The second kappa shape index (κ2) is 13.4. The Balaban J connectivity index is 1.25. The topological polar surface area (TPSA) is 87.7 Å². The molecule has 0 bridgehead atoms. The van der Waals surface area contributed by atoms with Gasteiger partial charge in [-0.05, 0) is 54.4 Å². The molecule has 1 aliphatic heterocycles. The van der Waals surface area contributed by atoms with E-state index in [0.717, 1.165) is 41.3 Å². The number of hydrogen-bond acceptors (Lipinski definition) is 8. The molecule has 0 spiro atoms. The maximum atomic E-state index is 12.8. The summed E-state index contributed by atoms with van der Waals surface area (Å²) < 4.78 is 5.48. The fourth-order valence-electron chi connectivity index (χ4n) is 5.03. The monoisotopic (exact) mass is 563 g/mol. The van der Waals surface area contributed by atoms with Gasteiger partial charge in [0.2, 0.25) is 5.95 Å². The lowest BCUT2D eigenvalue weighted by Gasteiger charge is -2.30. The third-order valence-corrected chi connectivity index (χ3v) is 7.46. The van der Waals surface area contributed by atoms with Gasteiger partial charge in [0.1, 0.15) is 11.6 Å². The highest BCUT2D eigenvalue weighted by atomic mass is 16.5. The van der Waals surface area contributed by atoms with Gasteiger partial charge in [-0.1, -0.05) is 48.9 Å². The average Bonchev–Trinajstić information content (AvgIpc) is 3.02. The number of carbonyl (C=O) groups is 2. The smallest absolute Gasteiger partial charge is 0.229 e. The largest absolute Gasteiger partial charge is 0.378 e. The molecule has 1 fully saturated rings. The number of benzene rings is 3. The summed E-state index contributed by atoms with van der Waals surface area (Å²) in [6, 6.07) is 23.7. The van der Waals surface area contributed by atoms with Crippen LogP contribution < -0.4 is 15.1 Å². The molecule has 2 heterocycles. The number of carbonyl (C=O) groups excluding carboxylic acids is 2. The summed E-state index contributed by atoms with van der Waals surface area (Å²) in [4.78, 5) is 38.7. The molecule has 0 unspecified atom stereocenters. The summed E-state index contributed by atoms with van der Waals surface area (Å²) >= 11 is 0. The van der Waals surface area contributed by atoms with E-state index in [1.807, 2.05) is 98.6 Å². The van der Waals surface area contributed by atoms with Gasteiger partial charge in [-0.2, -0.15) is 4.98 Å². The molecule has 1 aromatic heterocycles. The normalized spacial score (nSPS) is 13.1. The van der Waals surface area contributed by atoms with E-state index in [1.165, 1.54) is 5.56 Å². The number of anilines is 5. The van der Waals surface area contributed by atoms with E-state index in [0.29, 0.717) is 49.8 Å². The number of nitrogens with one attached hydrogen (secondary N) is 1. The molecule has 216 valence electrons. The van der Waals surface area contributed by atoms with Crippen molar-refractivity contribution < 1.29 is 14.3 Å². The molecule has 0 aliphatic carbocycles. The lowest BCUT2D eigenvalue weighted by Crippen LogP contribution is -2.37. The zero-order chi connectivity index (χ0) is 29.5. The molecule has 5 rings (SSSR count). The zero-order valence-electron chi connectivity index (χ0n) is 24.5. The van der Waals surface area contributed by atoms with Crippen molar-refractivity contribution in [1.29, 1.82) is 0 Å². The Morgan fingerprint density at radius 3 is 2.26 bits per heavy atom. The molecule has 0 amide bonds. The Bertz CT molecular complexity index is 1530. The minimum atomic E-state index is 0.0924. The fraction of sp³-hybridized carbons (Fsp3) is 0.294.